The second-order valence-corrected chi connectivity index (χ2v) is 14.6. The molecule has 2 aromatic heterocycles. The third-order valence-corrected chi connectivity index (χ3v) is 8.59. The number of halogens is 4. The molecule has 0 bridgehead atoms. The van der Waals surface area contributed by atoms with Gasteiger partial charge in [0.05, 0.1) is 24.2 Å². The third-order valence-electron chi connectivity index (χ3n) is 7.61. The maximum atomic E-state index is 14.7. The van der Waals surface area contributed by atoms with Crippen molar-refractivity contribution < 1.29 is 27.8 Å². The number of aromatic amines is 2. The zero-order valence-corrected chi connectivity index (χ0v) is 32.1. The van der Waals surface area contributed by atoms with Crippen molar-refractivity contribution in [1.29, 1.82) is 0 Å². The van der Waals surface area contributed by atoms with Crippen LogP contribution in [0.1, 0.15) is 40.5 Å². The predicted molar refractivity (Wildman–Crippen MR) is 203 cm³/mol. The highest BCUT2D eigenvalue weighted by molar-refractivity contribution is 9.10. The van der Waals surface area contributed by atoms with Gasteiger partial charge in [-0.15, -0.1) is 0 Å². The molecule has 0 spiro atoms. The monoisotopic (exact) mass is 825 g/mol. The van der Waals surface area contributed by atoms with Crippen LogP contribution in [0.5, 0.6) is 11.5 Å². The Morgan fingerprint density at radius 2 is 1.25 bits per heavy atom. The van der Waals surface area contributed by atoms with Gasteiger partial charge in [0.1, 0.15) is 46.7 Å². The fourth-order valence-corrected chi connectivity index (χ4v) is 5.74. The van der Waals surface area contributed by atoms with E-state index in [1.54, 1.807) is 52.1 Å². The van der Waals surface area contributed by atoms with Gasteiger partial charge >= 0.3 is 6.09 Å². The Morgan fingerprint density at radius 1 is 0.765 bits per heavy atom. The number of nitrogens with one attached hydrogen (secondary N) is 2. The van der Waals surface area contributed by atoms with Crippen LogP contribution in [-0.4, -0.2) is 63.8 Å². The Hall–Kier alpha value is -4.49. The normalized spacial score (nSPS) is 11.3. The largest absolute Gasteiger partial charge is 0.493 e. The molecule has 0 atom stereocenters. The zero-order valence-electron chi connectivity index (χ0n) is 29.0. The molecule has 1 amide bonds. The highest BCUT2D eigenvalue weighted by Gasteiger charge is 2.20. The number of fused-ring (bicyclic) bond motifs is 2. The van der Waals surface area contributed by atoms with Gasteiger partial charge in [0.25, 0.3) is 0 Å². The number of rotatable bonds is 10. The standard InChI is InChI=1S/C21H23BrFN3O3.C17H16BrFN2O/c1-21(2,3)29-20(27)26(4)9-10-28-14-6-8-15(17(23)12-14)19-16-7-5-13(22)11-18(16)24-25-19;1-2-3-8-22-12-5-7-13(15(19)10-12)17-14-6-4-11(18)9-16(14)20-21-17/h5-8,11-12H,9-10H2,1-4H3,(H,24,25);4-7,9-10H,2-3,8H2,1H3,(H,20,21). The fraction of sp³-hybridized carbons (Fsp3) is 0.289. The van der Waals surface area contributed by atoms with Gasteiger partial charge in [-0.05, 0) is 87.9 Å². The molecule has 51 heavy (non-hydrogen) atoms. The highest BCUT2D eigenvalue weighted by Crippen LogP contribution is 2.33. The first-order valence-corrected chi connectivity index (χ1v) is 18.0. The minimum absolute atomic E-state index is 0.216. The molecule has 4 aromatic carbocycles. The van der Waals surface area contributed by atoms with Crippen LogP contribution in [0.2, 0.25) is 0 Å². The summed E-state index contributed by atoms with van der Waals surface area (Å²) in [6.45, 7) is 8.65. The van der Waals surface area contributed by atoms with Crippen LogP contribution in [0.4, 0.5) is 13.6 Å². The van der Waals surface area contributed by atoms with Gasteiger partial charge in [0, 0.05) is 50.0 Å². The van der Waals surface area contributed by atoms with E-state index in [-0.39, 0.29) is 12.4 Å². The number of carbonyl (C=O) groups excluding carboxylic acids is 1. The van der Waals surface area contributed by atoms with E-state index in [4.69, 9.17) is 14.2 Å². The van der Waals surface area contributed by atoms with Crippen LogP contribution >= 0.6 is 31.9 Å². The van der Waals surface area contributed by atoms with Crippen LogP contribution in [0.15, 0.2) is 81.7 Å². The van der Waals surface area contributed by atoms with Gasteiger partial charge in [0.2, 0.25) is 0 Å². The molecule has 9 nitrogen and oxygen atoms in total. The van der Waals surface area contributed by atoms with E-state index in [0.717, 1.165) is 43.6 Å². The van der Waals surface area contributed by atoms with Crippen LogP contribution < -0.4 is 9.47 Å². The van der Waals surface area contributed by atoms with Crippen LogP contribution in [0, 0.1) is 11.6 Å². The smallest absolute Gasteiger partial charge is 0.410 e. The molecule has 0 saturated heterocycles. The maximum Gasteiger partial charge on any atom is 0.410 e. The molecule has 268 valence electrons. The Morgan fingerprint density at radius 3 is 1.71 bits per heavy atom. The molecule has 0 unspecified atom stereocenters. The van der Waals surface area contributed by atoms with Crippen molar-refractivity contribution in [2.45, 2.75) is 46.1 Å². The predicted octanol–water partition coefficient (Wildman–Crippen LogP) is 10.7. The first-order chi connectivity index (χ1) is 24.3. The molecule has 0 aliphatic rings. The summed E-state index contributed by atoms with van der Waals surface area (Å²) in [5.41, 5.74) is 3.14. The summed E-state index contributed by atoms with van der Waals surface area (Å²) >= 11 is 6.82. The summed E-state index contributed by atoms with van der Waals surface area (Å²) in [6, 6.07) is 21.0. The van der Waals surface area contributed by atoms with Crippen molar-refractivity contribution in [3.05, 3.63) is 93.4 Å². The van der Waals surface area contributed by atoms with E-state index >= 15 is 0 Å². The lowest BCUT2D eigenvalue weighted by atomic mass is 10.1. The lowest BCUT2D eigenvalue weighted by molar-refractivity contribution is 0.0278. The quantitative estimate of drug-likeness (QED) is 0.133. The Labute approximate surface area is 311 Å². The van der Waals surface area contributed by atoms with Crippen molar-refractivity contribution in [3.63, 3.8) is 0 Å². The number of carbonyl (C=O) groups is 1. The van der Waals surface area contributed by atoms with E-state index in [2.05, 4.69) is 59.2 Å². The van der Waals surface area contributed by atoms with Gasteiger partial charge in [-0.1, -0.05) is 45.2 Å². The second-order valence-electron chi connectivity index (χ2n) is 12.8. The van der Waals surface area contributed by atoms with Crippen molar-refractivity contribution in [2.24, 2.45) is 0 Å². The molecular formula is C38H39Br2F2N5O4. The lowest BCUT2D eigenvalue weighted by Crippen LogP contribution is -2.36. The van der Waals surface area contributed by atoms with Gasteiger partial charge in [-0.3, -0.25) is 10.2 Å². The summed E-state index contributed by atoms with van der Waals surface area (Å²) in [4.78, 5) is 13.4. The fourth-order valence-electron chi connectivity index (χ4n) is 5.02. The molecule has 6 aromatic rings. The number of unbranched alkanes of at least 4 members (excludes halogenated alkanes) is 1. The maximum absolute atomic E-state index is 14.7. The minimum atomic E-state index is -0.558. The molecule has 2 heterocycles. The Bertz CT molecular complexity index is 2130. The van der Waals surface area contributed by atoms with Crippen LogP contribution in [0.25, 0.3) is 44.3 Å². The summed E-state index contributed by atoms with van der Waals surface area (Å²) in [5.74, 6) is 0.174. The number of benzene rings is 4. The summed E-state index contributed by atoms with van der Waals surface area (Å²) in [5, 5.41) is 16.1. The number of hydrogen-bond acceptors (Lipinski definition) is 6. The molecule has 0 saturated carbocycles. The molecule has 2 N–H and O–H groups in total. The SMILES string of the molecule is CCCCOc1ccc(-c2n[nH]c3cc(Br)ccc23)c(F)c1.CN(CCOc1ccc(-c2n[nH]c3cc(Br)ccc23)c(F)c1)C(=O)OC(C)(C)C. The van der Waals surface area contributed by atoms with Crippen molar-refractivity contribution in [2.75, 3.05) is 26.8 Å². The number of H-pyrrole nitrogens is 2. The van der Waals surface area contributed by atoms with E-state index < -0.39 is 17.5 Å². The first kappa shape index (κ1) is 37.8. The topological polar surface area (TPSA) is 105 Å². The van der Waals surface area contributed by atoms with Gasteiger partial charge in [-0.2, -0.15) is 10.2 Å². The third kappa shape index (κ3) is 9.85. The van der Waals surface area contributed by atoms with Crippen LogP contribution in [0.3, 0.4) is 0 Å². The minimum Gasteiger partial charge on any atom is -0.493 e. The zero-order chi connectivity index (χ0) is 36.7. The highest BCUT2D eigenvalue weighted by atomic mass is 79.9. The second kappa shape index (κ2) is 16.7. The number of aromatic nitrogens is 4. The van der Waals surface area contributed by atoms with E-state index in [1.165, 1.54) is 17.0 Å². The Balaban J connectivity index is 0.000000205. The average Bonchev–Trinajstić information content (AvgIpc) is 3.68. The Kier molecular flexibility index (Phi) is 12.4. The van der Waals surface area contributed by atoms with Gasteiger partial charge in [-0.25, -0.2) is 13.6 Å². The number of ether oxygens (including phenoxy) is 3. The average molecular weight is 828 g/mol. The van der Waals surface area contributed by atoms with Gasteiger partial charge in [0.15, 0.2) is 0 Å². The van der Waals surface area contributed by atoms with Crippen LogP contribution in [-0.2, 0) is 4.74 Å². The van der Waals surface area contributed by atoms with E-state index in [0.29, 0.717) is 47.2 Å². The molecule has 13 heteroatoms. The van der Waals surface area contributed by atoms with E-state index in [9.17, 15) is 13.6 Å². The number of nitrogens with zero attached hydrogens (tertiary/aromatic N) is 3. The number of amides is 1. The lowest BCUT2D eigenvalue weighted by Gasteiger charge is -2.24. The van der Waals surface area contributed by atoms with Crippen molar-refractivity contribution >= 4 is 59.8 Å². The van der Waals surface area contributed by atoms with Gasteiger partial charge < -0.3 is 19.1 Å². The number of likely N-dealkylation sites (N-methyl/N-ethyl adjacent to an activating group) is 1. The number of hydrogen-bond donors (Lipinski definition) is 2. The van der Waals surface area contributed by atoms with Crippen molar-refractivity contribution in [1.82, 2.24) is 25.3 Å². The van der Waals surface area contributed by atoms with E-state index in [1.807, 2.05) is 36.4 Å². The molecular weight excluding hydrogens is 788 g/mol. The molecule has 6 rings (SSSR count). The van der Waals surface area contributed by atoms with Crippen molar-refractivity contribution in [3.8, 4) is 34.0 Å². The first-order valence-electron chi connectivity index (χ1n) is 16.4. The summed E-state index contributed by atoms with van der Waals surface area (Å²) < 4.78 is 47.3. The summed E-state index contributed by atoms with van der Waals surface area (Å²) in [7, 11) is 1.63. The summed E-state index contributed by atoms with van der Waals surface area (Å²) in [6.07, 6.45) is 1.58. The molecule has 0 fully saturated rings. The molecule has 0 aliphatic carbocycles. The molecule has 0 aliphatic heterocycles. The molecule has 0 radical (unpaired) electrons.